The number of aryl methyl sites for hydroxylation is 1. The van der Waals surface area contributed by atoms with Crippen LogP contribution in [0.2, 0.25) is 0 Å². The third-order valence-corrected chi connectivity index (χ3v) is 5.04. The van der Waals surface area contributed by atoms with Gasteiger partial charge in [-0.15, -0.1) is 16.4 Å². The van der Waals surface area contributed by atoms with Gasteiger partial charge in [-0.2, -0.15) is 9.50 Å². The number of benzene rings is 1. The SMILES string of the molecule is Cc1cc(=O)n2nc(-c3cccs3)nc2n1CC(=O)NCc1ccccc1. The molecule has 0 radical (unpaired) electrons. The molecule has 27 heavy (non-hydrogen) atoms. The van der Waals surface area contributed by atoms with Crippen molar-refractivity contribution in [1.29, 1.82) is 0 Å². The number of amides is 1. The van der Waals surface area contributed by atoms with Gasteiger partial charge in [-0.05, 0) is 23.9 Å². The van der Waals surface area contributed by atoms with Crippen LogP contribution in [0.1, 0.15) is 11.3 Å². The molecule has 1 amide bonds. The number of nitrogens with one attached hydrogen (secondary N) is 1. The van der Waals surface area contributed by atoms with Gasteiger partial charge >= 0.3 is 0 Å². The quantitative estimate of drug-likeness (QED) is 0.577. The summed E-state index contributed by atoms with van der Waals surface area (Å²) in [6.07, 6.45) is 0. The van der Waals surface area contributed by atoms with Crippen LogP contribution in [0.5, 0.6) is 0 Å². The third kappa shape index (κ3) is 3.52. The van der Waals surface area contributed by atoms with Gasteiger partial charge in [0.1, 0.15) is 6.54 Å². The van der Waals surface area contributed by atoms with Crippen LogP contribution in [-0.4, -0.2) is 25.1 Å². The Bertz CT molecular complexity index is 1150. The van der Waals surface area contributed by atoms with E-state index in [9.17, 15) is 9.59 Å². The summed E-state index contributed by atoms with van der Waals surface area (Å²) in [5, 5.41) is 9.13. The second-order valence-electron chi connectivity index (χ2n) is 6.10. The van der Waals surface area contributed by atoms with E-state index in [1.807, 2.05) is 47.8 Å². The van der Waals surface area contributed by atoms with Crippen molar-refractivity contribution in [2.75, 3.05) is 0 Å². The van der Waals surface area contributed by atoms with Crippen molar-refractivity contribution in [2.24, 2.45) is 0 Å². The Morgan fingerprint density at radius 2 is 2.00 bits per heavy atom. The third-order valence-electron chi connectivity index (χ3n) is 4.17. The average molecular weight is 379 g/mol. The normalized spacial score (nSPS) is 11.0. The zero-order chi connectivity index (χ0) is 18.8. The Hall–Kier alpha value is -3.26. The lowest BCUT2D eigenvalue weighted by molar-refractivity contribution is -0.121. The van der Waals surface area contributed by atoms with Crippen molar-refractivity contribution in [3.8, 4) is 10.7 Å². The zero-order valence-corrected chi connectivity index (χ0v) is 15.4. The summed E-state index contributed by atoms with van der Waals surface area (Å²) >= 11 is 1.50. The zero-order valence-electron chi connectivity index (χ0n) is 14.6. The second-order valence-corrected chi connectivity index (χ2v) is 7.04. The van der Waals surface area contributed by atoms with Crippen LogP contribution in [-0.2, 0) is 17.9 Å². The summed E-state index contributed by atoms with van der Waals surface area (Å²) in [6.45, 7) is 2.29. The molecule has 8 heteroatoms. The van der Waals surface area contributed by atoms with Gasteiger partial charge in [0.25, 0.3) is 5.56 Å². The molecule has 4 aromatic rings. The van der Waals surface area contributed by atoms with Crippen LogP contribution < -0.4 is 10.9 Å². The van der Waals surface area contributed by atoms with Crippen LogP contribution in [0.4, 0.5) is 0 Å². The Morgan fingerprint density at radius 3 is 2.74 bits per heavy atom. The number of thiophene rings is 1. The maximum atomic E-state index is 12.4. The number of aromatic nitrogens is 4. The molecule has 3 heterocycles. The van der Waals surface area contributed by atoms with E-state index < -0.39 is 0 Å². The molecule has 0 bridgehead atoms. The maximum absolute atomic E-state index is 12.4. The summed E-state index contributed by atoms with van der Waals surface area (Å²) in [5.74, 6) is 0.678. The van der Waals surface area contributed by atoms with Crippen LogP contribution in [0, 0.1) is 6.92 Å². The topological polar surface area (TPSA) is 81.3 Å². The van der Waals surface area contributed by atoms with Crippen molar-refractivity contribution in [1.82, 2.24) is 24.5 Å². The predicted octanol–water partition coefficient (Wildman–Crippen LogP) is 2.24. The molecule has 0 aliphatic heterocycles. The molecule has 7 nitrogen and oxygen atoms in total. The minimum Gasteiger partial charge on any atom is -0.350 e. The molecule has 0 aliphatic rings. The van der Waals surface area contributed by atoms with E-state index in [1.165, 1.54) is 21.9 Å². The fraction of sp³-hybridized carbons (Fsp3) is 0.158. The van der Waals surface area contributed by atoms with Crippen molar-refractivity contribution < 1.29 is 4.79 Å². The highest BCUT2D eigenvalue weighted by molar-refractivity contribution is 7.13. The highest BCUT2D eigenvalue weighted by Gasteiger charge is 2.15. The Labute approximate surface area is 158 Å². The molecule has 0 aliphatic carbocycles. The van der Waals surface area contributed by atoms with Gasteiger partial charge in [-0.3, -0.25) is 9.59 Å². The fourth-order valence-electron chi connectivity index (χ4n) is 2.80. The largest absolute Gasteiger partial charge is 0.350 e. The summed E-state index contributed by atoms with van der Waals surface area (Å²) in [4.78, 5) is 30.1. The predicted molar refractivity (Wildman–Crippen MR) is 104 cm³/mol. The summed E-state index contributed by atoms with van der Waals surface area (Å²) in [5.41, 5.74) is 1.42. The number of carbonyl (C=O) groups is 1. The molecule has 3 aromatic heterocycles. The van der Waals surface area contributed by atoms with Crippen molar-refractivity contribution in [3.05, 3.63) is 75.5 Å². The molecule has 4 rings (SSSR count). The van der Waals surface area contributed by atoms with Gasteiger partial charge in [-0.25, -0.2) is 0 Å². The van der Waals surface area contributed by atoms with E-state index >= 15 is 0 Å². The molecule has 0 saturated carbocycles. The highest BCUT2D eigenvalue weighted by Crippen LogP contribution is 2.21. The number of rotatable bonds is 5. The standard InChI is InChI=1S/C19H17N5O2S/c1-13-10-17(26)24-19(21-18(22-24)15-8-5-9-27-15)23(13)12-16(25)20-11-14-6-3-2-4-7-14/h2-10H,11-12H2,1H3,(H,20,25). The Kier molecular flexibility index (Phi) is 4.55. The van der Waals surface area contributed by atoms with E-state index in [0.29, 0.717) is 23.8 Å². The van der Waals surface area contributed by atoms with Gasteiger partial charge in [-0.1, -0.05) is 36.4 Å². The van der Waals surface area contributed by atoms with Crippen molar-refractivity contribution in [3.63, 3.8) is 0 Å². The van der Waals surface area contributed by atoms with Crippen molar-refractivity contribution >= 4 is 23.0 Å². The summed E-state index contributed by atoms with van der Waals surface area (Å²) in [6, 6.07) is 15.0. The lowest BCUT2D eigenvalue weighted by atomic mass is 10.2. The smallest absolute Gasteiger partial charge is 0.275 e. The lowest BCUT2D eigenvalue weighted by Gasteiger charge is -2.11. The second kappa shape index (κ2) is 7.16. The van der Waals surface area contributed by atoms with E-state index in [0.717, 1.165) is 10.4 Å². The molecular weight excluding hydrogens is 362 g/mol. The number of hydrogen-bond acceptors (Lipinski definition) is 5. The molecular formula is C19H17N5O2S. The van der Waals surface area contributed by atoms with Crippen LogP contribution in [0.15, 0.2) is 58.7 Å². The van der Waals surface area contributed by atoms with E-state index in [4.69, 9.17) is 0 Å². The summed E-state index contributed by atoms with van der Waals surface area (Å²) in [7, 11) is 0. The molecule has 0 atom stereocenters. The fourth-order valence-corrected chi connectivity index (χ4v) is 3.46. The first-order valence-corrected chi connectivity index (χ1v) is 9.31. The molecule has 1 aromatic carbocycles. The molecule has 0 unspecified atom stereocenters. The monoisotopic (exact) mass is 379 g/mol. The average Bonchev–Trinajstić information content (AvgIpc) is 3.34. The number of nitrogens with zero attached hydrogens (tertiary/aromatic N) is 4. The minimum atomic E-state index is -0.265. The van der Waals surface area contributed by atoms with Gasteiger partial charge in [0, 0.05) is 18.3 Å². The number of hydrogen-bond donors (Lipinski definition) is 1. The Balaban J connectivity index is 1.62. The maximum Gasteiger partial charge on any atom is 0.275 e. The first-order chi connectivity index (χ1) is 13.1. The molecule has 0 saturated heterocycles. The first-order valence-electron chi connectivity index (χ1n) is 8.43. The molecule has 0 fully saturated rings. The molecule has 136 valence electrons. The lowest BCUT2D eigenvalue weighted by Crippen LogP contribution is -2.30. The van der Waals surface area contributed by atoms with E-state index in [1.54, 1.807) is 11.5 Å². The first kappa shape index (κ1) is 17.2. The molecule has 1 N–H and O–H groups in total. The highest BCUT2D eigenvalue weighted by atomic mass is 32.1. The van der Waals surface area contributed by atoms with Gasteiger partial charge in [0.2, 0.25) is 11.7 Å². The van der Waals surface area contributed by atoms with Crippen LogP contribution in [0.3, 0.4) is 0 Å². The van der Waals surface area contributed by atoms with Crippen LogP contribution >= 0.6 is 11.3 Å². The van der Waals surface area contributed by atoms with Gasteiger partial charge in [0.05, 0.1) is 4.88 Å². The number of fused-ring (bicyclic) bond motifs is 1. The van der Waals surface area contributed by atoms with E-state index in [2.05, 4.69) is 15.4 Å². The van der Waals surface area contributed by atoms with Gasteiger partial charge < -0.3 is 9.88 Å². The number of carbonyl (C=O) groups excluding carboxylic acids is 1. The minimum absolute atomic E-state index is 0.0605. The Morgan fingerprint density at radius 1 is 1.19 bits per heavy atom. The van der Waals surface area contributed by atoms with Gasteiger partial charge in [0.15, 0.2) is 5.82 Å². The van der Waals surface area contributed by atoms with Crippen LogP contribution in [0.25, 0.3) is 16.5 Å². The van der Waals surface area contributed by atoms with Crippen molar-refractivity contribution in [2.45, 2.75) is 20.0 Å². The van der Waals surface area contributed by atoms with E-state index in [-0.39, 0.29) is 18.0 Å². The molecule has 0 spiro atoms. The summed E-state index contributed by atoms with van der Waals surface area (Å²) < 4.78 is 2.94.